The van der Waals surface area contributed by atoms with E-state index in [1.807, 2.05) is 25.1 Å². The Labute approximate surface area is 168 Å². The number of ether oxygens (including phenoxy) is 1. The average Bonchev–Trinajstić information content (AvgIpc) is 3.16. The minimum Gasteiger partial charge on any atom is -0.469 e. The monoisotopic (exact) mass is 409 g/mol. The summed E-state index contributed by atoms with van der Waals surface area (Å²) in [5, 5.41) is 6.43. The largest absolute Gasteiger partial charge is 0.469 e. The third-order valence-corrected chi connectivity index (χ3v) is 3.75. The third kappa shape index (κ3) is 9.84. The molecule has 2 N–H and O–H groups in total. The molecular formula is C21H26F3N3O2. The van der Waals surface area contributed by atoms with Gasteiger partial charge in [-0.2, -0.15) is 13.2 Å². The molecule has 0 bridgehead atoms. The maximum absolute atomic E-state index is 12.2. The Bertz CT molecular complexity index is 787. The van der Waals surface area contributed by atoms with Gasteiger partial charge in [-0.1, -0.05) is 36.4 Å². The van der Waals surface area contributed by atoms with Crippen LogP contribution in [0.2, 0.25) is 0 Å². The van der Waals surface area contributed by atoms with Gasteiger partial charge in [0, 0.05) is 19.5 Å². The van der Waals surface area contributed by atoms with Crippen LogP contribution in [0.4, 0.5) is 13.2 Å². The molecule has 5 nitrogen and oxygen atoms in total. The normalized spacial score (nSPS) is 12.1. The maximum atomic E-state index is 12.2. The van der Waals surface area contributed by atoms with Gasteiger partial charge in [0.25, 0.3) is 0 Å². The van der Waals surface area contributed by atoms with Gasteiger partial charge < -0.3 is 19.8 Å². The van der Waals surface area contributed by atoms with Crippen LogP contribution in [-0.2, 0) is 24.3 Å². The number of nitrogens with one attached hydrogen (secondary N) is 2. The van der Waals surface area contributed by atoms with Crippen LogP contribution < -0.4 is 10.6 Å². The smallest absolute Gasteiger partial charge is 0.411 e. The highest BCUT2D eigenvalue weighted by atomic mass is 19.4. The first kappa shape index (κ1) is 22.5. The summed E-state index contributed by atoms with van der Waals surface area (Å²) < 4.78 is 46.6. The second kappa shape index (κ2) is 11.3. The third-order valence-electron chi connectivity index (χ3n) is 3.75. The van der Waals surface area contributed by atoms with Gasteiger partial charge in [0.05, 0.1) is 19.4 Å². The first-order valence-electron chi connectivity index (χ1n) is 9.23. The molecule has 0 aliphatic carbocycles. The summed E-state index contributed by atoms with van der Waals surface area (Å²) in [5.41, 5.74) is 2.51. The molecule has 8 heteroatoms. The zero-order valence-corrected chi connectivity index (χ0v) is 16.4. The number of alkyl halides is 3. The van der Waals surface area contributed by atoms with Crippen LogP contribution in [-0.4, -0.2) is 31.8 Å². The lowest BCUT2D eigenvalue weighted by Crippen LogP contribution is -2.39. The summed E-state index contributed by atoms with van der Waals surface area (Å²) in [5.74, 6) is 1.50. The molecule has 0 atom stereocenters. The molecule has 0 aliphatic rings. The number of nitrogens with zero attached hydrogens (tertiary/aromatic N) is 1. The zero-order valence-electron chi connectivity index (χ0n) is 16.4. The van der Waals surface area contributed by atoms with Crippen molar-refractivity contribution in [2.24, 2.45) is 4.99 Å². The van der Waals surface area contributed by atoms with E-state index >= 15 is 0 Å². The Hall–Kier alpha value is -2.74. The molecule has 0 radical (unpaired) electrons. The molecule has 0 unspecified atom stereocenters. The van der Waals surface area contributed by atoms with Crippen LogP contribution >= 0.6 is 0 Å². The highest BCUT2D eigenvalue weighted by molar-refractivity contribution is 5.80. The molecule has 0 aliphatic heterocycles. The summed E-state index contributed by atoms with van der Waals surface area (Å²) in [4.78, 5) is 4.55. The Morgan fingerprint density at radius 2 is 1.97 bits per heavy atom. The van der Waals surface area contributed by atoms with Crippen LogP contribution in [0.25, 0.3) is 0 Å². The Kier molecular flexibility index (Phi) is 8.79. The number of rotatable bonds is 10. The molecule has 0 amide bonds. The Morgan fingerprint density at radius 3 is 2.66 bits per heavy atom. The van der Waals surface area contributed by atoms with Gasteiger partial charge in [-0.15, -0.1) is 0 Å². The molecule has 0 saturated carbocycles. The molecule has 1 heterocycles. The fourth-order valence-electron chi connectivity index (χ4n) is 2.44. The van der Waals surface area contributed by atoms with E-state index in [-0.39, 0.29) is 6.61 Å². The number of guanidine groups is 1. The molecule has 0 fully saturated rings. The second-order valence-corrected chi connectivity index (χ2v) is 6.66. The van der Waals surface area contributed by atoms with E-state index in [4.69, 9.17) is 9.15 Å². The van der Waals surface area contributed by atoms with E-state index in [0.717, 1.165) is 16.9 Å². The van der Waals surface area contributed by atoms with Crippen LogP contribution in [0.5, 0.6) is 0 Å². The zero-order chi connectivity index (χ0) is 21.1. The van der Waals surface area contributed by atoms with E-state index in [0.29, 0.717) is 37.6 Å². The van der Waals surface area contributed by atoms with E-state index in [2.05, 4.69) is 22.2 Å². The van der Waals surface area contributed by atoms with E-state index < -0.39 is 12.8 Å². The molecule has 2 aromatic rings. The van der Waals surface area contributed by atoms with E-state index in [1.165, 1.54) is 0 Å². The van der Waals surface area contributed by atoms with Gasteiger partial charge in [-0.25, -0.2) is 4.99 Å². The SMILES string of the molecule is C=C(C)CNC(=NCc1cccc(COCC(F)(F)F)c1)NCCc1ccco1. The van der Waals surface area contributed by atoms with Crippen LogP contribution in [0, 0.1) is 0 Å². The molecule has 29 heavy (non-hydrogen) atoms. The quantitative estimate of drug-likeness (QED) is 0.351. The molecule has 158 valence electrons. The van der Waals surface area contributed by atoms with Gasteiger partial charge in [0.15, 0.2) is 5.96 Å². The van der Waals surface area contributed by atoms with Crippen molar-refractivity contribution in [3.05, 3.63) is 71.7 Å². The Morgan fingerprint density at radius 1 is 1.17 bits per heavy atom. The first-order valence-corrected chi connectivity index (χ1v) is 9.23. The van der Waals surface area contributed by atoms with Crippen molar-refractivity contribution in [1.29, 1.82) is 0 Å². The number of aliphatic imine (C=N–C) groups is 1. The second-order valence-electron chi connectivity index (χ2n) is 6.66. The summed E-state index contributed by atoms with van der Waals surface area (Å²) in [6.07, 6.45) is -1.98. The average molecular weight is 409 g/mol. The van der Waals surface area contributed by atoms with Crippen molar-refractivity contribution in [3.8, 4) is 0 Å². The van der Waals surface area contributed by atoms with Crippen molar-refractivity contribution in [1.82, 2.24) is 10.6 Å². The molecule has 1 aromatic carbocycles. The van der Waals surface area contributed by atoms with Crippen LogP contribution in [0.15, 0.2) is 64.2 Å². The van der Waals surface area contributed by atoms with Gasteiger partial charge >= 0.3 is 6.18 Å². The topological polar surface area (TPSA) is 58.8 Å². The summed E-state index contributed by atoms with van der Waals surface area (Å²) >= 11 is 0. The maximum Gasteiger partial charge on any atom is 0.411 e. The highest BCUT2D eigenvalue weighted by Gasteiger charge is 2.27. The molecule has 0 saturated heterocycles. The fourth-order valence-corrected chi connectivity index (χ4v) is 2.44. The lowest BCUT2D eigenvalue weighted by Gasteiger charge is -2.12. The number of hydrogen-bond donors (Lipinski definition) is 2. The molecule has 1 aromatic heterocycles. The Balaban J connectivity index is 1.91. The molecular weight excluding hydrogens is 383 g/mol. The summed E-state index contributed by atoms with van der Waals surface area (Å²) in [6.45, 7) is 6.02. The van der Waals surface area contributed by atoms with Gasteiger partial charge in [-0.3, -0.25) is 0 Å². The van der Waals surface area contributed by atoms with Crippen molar-refractivity contribution in [3.63, 3.8) is 0 Å². The number of benzene rings is 1. The number of halogens is 3. The number of furan rings is 1. The van der Waals surface area contributed by atoms with E-state index in [9.17, 15) is 13.2 Å². The summed E-state index contributed by atoms with van der Waals surface area (Å²) in [6, 6.07) is 10.9. The van der Waals surface area contributed by atoms with Crippen molar-refractivity contribution >= 4 is 5.96 Å². The standard InChI is InChI=1S/C21H26F3N3O2/c1-16(2)12-26-20(25-9-8-19-7-4-10-29-19)27-13-17-5-3-6-18(11-17)14-28-15-21(22,23)24/h3-7,10-11H,1,8-9,12-15H2,2H3,(H2,25,26,27). The van der Waals surface area contributed by atoms with Crippen molar-refractivity contribution in [2.45, 2.75) is 32.7 Å². The molecule has 0 spiro atoms. The van der Waals surface area contributed by atoms with Crippen molar-refractivity contribution in [2.75, 3.05) is 19.7 Å². The van der Waals surface area contributed by atoms with E-state index in [1.54, 1.807) is 24.5 Å². The minimum atomic E-state index is -4.33. The van der Waals surface area contributed by atoms with Gasteiger partial charge in [0.2, 0.25) is 0 Å². The fraction of sp³-hybridized carbons (Fsp3) is 0.381. The highest BCUT2D eigenvalue weighted by Crippen LogP contribution is 2.16. The van der Waals surface area contributed by atoms with Crippen LogP contribution in [0.1, 0.15) is 23.8 Å². The lowest BCUT2D eigenvalue weighted by molar-refractivity contribution is -0.176. The van der Waals surface area contributed by atoms with Gasteiger partial charge in [0.1, 0.15) is 12.4 Å². The number of hydrogen-bond acceptors (Lipinski definition) is 3. The van der Waals surface area contributed by atoms with Gasteiger partial charge in [-0.05, 0) is 30.2 Å². The first-order chi connectivity index (χ1) is 13.8. The van der Waals surface area contributed by atoms with Crippen LogP contribution in [0.3, 0.4) is 0 Å². The molecule has 2 rings (SSSR count). The summed E-state index contributed by atoms with van der Waals surface area (Å²) in [7, 11) is 0. The predicted octanol–water partition coefficient (Wildman–Crippen LogP) is 4.21. The minimum absolute atomic E-state index is 0.0980. The van der Waals surface area contributed by atoms with Crippen molar-refractivity contribution < 1.29 is 22.3 Å². The predicted molar refractivity (Wildman–Crippen MR) is 107 cm³/mol. The lowest BCUT2D eigenvalue weighted by atomic mass is 10.1.